The molecular formula is C13H19ClF3NO. The fourth-order valence-corrected chi connectivity index (χ4v) is 1.51. The zero-order valence-electron chi connectivity index (χ0n) is 11.1. The van der Waals surface area contributed by atoms with Gasteiger partial charge in [0, 0.05) is 17.7 Å². The van der Waals surface area contributed by atoms with E-state index in [1.54, 1.807) is 0 Å². The third kappa shape index (κ3) is 4.67. The Morgan fingerprint density at radius 1 is 1.11 bits per heavy atom. The monoisotopic (exact) mass is 297 g/mol. The zero-order valence-corrected chi connectivity index (χ0v) is 11.9. The molecule has 0 heterocycles. The van der Waals surface area contributed by atoms with Crippen LogP contribution in [0, 0.1) is 22.9 Å². The molecule has 1 aromatic rings. The smallest absolute Gasteiger partial charge is 0.161 e. The normalized spacial score (nSPS) is 14.7. The first kappa shape index (κ1) is 18.2. The van der Waals surface area contributed by atoms with Crippen LogP contribution in [0.25, 0.3) is 0 Å². The summed E-state index contributed by atoms with van der Waals surface area (Å²) in [6.45, 7) is 5.64. The number of nitrogens with two attached hydrogens (primary N) is 1. The van der Waals surface area contributed by atoms with Gasteiger partial charge in [-0.25, -0.2) is 13.2 Å². The molecule has 0 aliphatic heterocycles. The summed E-state index contributed by atoms with van der Waals surface area (Å²) >= 11 is 0. The average Bonchev–Trinajstić information content (AvgIpc) is 2.21. The maximum Gasteiger partial charge on any atom is 0.161 e. The van der Waals surface area contributed by atoms with Crippen LogP contribution in [0.4, 0.5) is 13.2 Å². The first-order valence-corrected chi connectivity index (χ1v) is 5.71. The van der Waals surface area contributed by atoms with Gasteiger partial charge in [0.15, 0.2) is 11.6 Å². The van der Waals surface area contributed by atoms with Gasteiger partial charge >= 0.3 is 0 Å². The van der Waals surface area contributed by atoms with Crippen LogP contribution in [0.3, 0.4) is 0 Å². The largest absolute Gasteiger partial charge is 0.388 e. The highest BCUT2D eigenvalue weighted by atomic mass is 35.5. The third-order valence-corrected chi connectivity index (χ3v) is 2.99. The minimum absolute atomic E-state index is 0. The van der Waals surface area contributed by atoms with Gasteiger partial charge in [-0.2, -0.15) is 0 Å². The van der Waals surface area contributed by atoms with Crippen LogP contribution in [0.5, 0.6) is 0 Å². The second kappa shape index (κ2) is 6.59. The summed E-state index contributed by atoms with van der Waals surface area (Å²) in [6, 6.07) is 0.710. The van der Waals surface area contributed by atoms with Crippen LogP contribution in [-0.2, 0) is 0 Å². The van der Waals surface area contributed by atoms with E-state index in [0.717, 1.165) is 0 Å². The summed E-state index contributed by atoms with van der Waals surface area (Å²) in [5.41, 5.74) is 5.32. The lowest BCUT2D eigenvalue weighted by atomic mass is 9.83. The molecule has 3 N–H and O–H groups in total. The Balaban J connectivity index is 0.00000324. The molecule has 0 aliphatic carbocycles. The van der Waals surface area contributed by atoms with Crippen molar-refractivity contribution < 1.29 is 18.3 Å². The van der Waals surface area contributed by atoms with Crippen molar-refractivity contribution in [3.8, 4) is 0 Å². The second-order valence-corrected chi connectivity index (χ2v) is 5.51. The predicted octanol–water partition coefficient (Wildman–Crippen LogP) is 3.32. The van der Waals surface area contributed by atoms with Gasteiger partial charge in [0.05, 0.1) is 6.10 Å². The van der Waals surface area contributed by atoms with Crippen molar-refractivity contribution in [3.63, 3.8) is 0 Å². The van der Waals surface area contributed by atoms with E-state index in [1.165, 1.54) is 0 Å². The highest BCUT2D eigenvalue weighted by Gasteiger charge is 2.26. The summed E-state index contributed by atoms with van der Waals surface area (Å²) in [7, 11) is 0. The van der Waals surface area contributed by atoms with Gasteiger partial charge in [-0.05, 0) is 17.9 Å². The molecule has 19 heavy (non-hydrogen) atoms. The molecule has 1 rings (SSSR count). The highest BCUT2D eigenvalue weighted by molar-refractivity contribution is 5.85. The predicted molar refractivity (Wildman–Crippen MR) is 70.6 cm³/mol. The van der Waals surface area contributed by atoms with Gasteiger partial charge in [0.2, 0.25) is 0 Å². The van der Waals surface area contributed by atoms with E-state index in [0.29, 0.717) is 12.1 Å². The average molecular weight is 298 g/mol. The lowest BCUT2D eigenvalue weighted by Gasteiger charge is -2.29. The maximum atomic E-state index is 13.4. The zero-order chi connectivity index (χ0) is 14.1. The molecule has 0 saturated carbocycles. The molecule has 0 aromatic heterocycles. The van der Waals surface area contributed by atoms with Crippen LogP contribution >= 0.6 is 12.4 Å². The van der Waals surface area contributed by atoms with Gasteiger partial charge in [-0.3, -0.25) is 0 Å². The molecule has 0 fully saturated rings. The fraction of sp³-hybridized carbons (Fsp3) is 0.538. The SMILES string of the molecule is CC(C)(C)[C@H](N)C[C@@H](O)c1cc(F)c(F)cc1F.Cl. The summed E-state index contributed by atoms with van der Waals surface area (Å²) in [5, 5.41) is 9.84. The molecule has 0 radical (unpaired) electrons. The first-order chi connectivity index (χ1) is 8.12. The Morgan fingerprint density at radius 3 is 2.05 bits per heavy atom. The van der Waals surface area contributed by atoms with Gasteiger partial charge in [-0.1, -0.05) is 20.8 Å². The Labute approximate surface area is 117 Å². The molecular weight excluding hydrogens is 279 g/mol. The van der Waals surface area contributed by atoms with Crippen LogP contribution < -0.4 is 5.73 Å². The molecule has 0 bridgehead atoms. The van der Waals surface area contributed by atoms with E-state index in [9.17, 15) is 18.3 Å². The molecule has 6 heteroatoms. The van der Waals surface area contributed by atoms with Gasteiger partial charge in [0.25, 0.3) is 0 Å². The van der Waals surface area contributed by atoms with Crippen molar-refractivity contribution in [1.29, 1.82) is 0 Å². The second-order valence-electron chi connectivity index (χ2n) is 5.51. The molecule has 0 saturated heterocycles. The Kier molecular flexibility index (Phi) is 6.32. The number of hydrogen-bond donors (Lipinski definition) is 2. The quantitative estimate of drug-likeness (QED) is 0.841. The minimum atomic E-state index is -1.27. The van der Waals surface area contributed by atoms with Crippen molar-refractivity contribution in [3.05, 3.63) is 35.1 Å². The molecule has 110 valence electrons. The lowest BCUT2D eigenvalue weighted by molar-refractivity contribution is 0.129. The topological polar surface area (TPSA) is 46.2 Å². The van der Waals surface area contributed by atoms with E-state index in [1.807, 2.05) is 20.8 Å². The molecule has 1 aromatic carbocycles. The summed E-state index contributed by atoms with van der Waals surface area (Å²) in [6.07, 6.45) is -1.18. The molecule has 0 unspecified atom stereocenters. The summed E-state index contributed by atoms with van der Waals surface area (Å²) in [4.78, 5) is 0. The third-order valence-electron chi connectivity index (χ3n) is 2.99. The van der Waals surface area contributed by atoms with Crippen LogP contribution in [0.2, 0.25) is 0 Å². The molecule has 0 amide bonds. The Bertz CT molecular complexity index is 435. The standard InChI is InChI=1S/C13H18F3NO.ClH/c1-13(2,3)12(17)6-11(18)7-4-9(15)10(16)5-8(7)14;/h4-5,11-12,18H,6,17H2,1-3H3;1H/t11-,12-;/m1./s1. The van der Waals surface area contributed by atoms with Crippen molar-refractivity contribution in [1.82, 2.24) is 0 Å². The first-order valence-electron chi connectivity index (χ1n) is 5.71. The summed E-state index contributed by atoms with van der Waals surface area (Å²) < 4.78 is 39.2. The van der Waals surface area contributed by atoms with Crippen LogP contribution in [-0.4, -0.2) is 11.1 Å². The van der Waals surface area contributed by atoms with E-state index in [-0.39, 0.29) is 35.8 Å². The Morgan fingerprint density at radius 2 is 1.58 bits per heavy atom. The maximum absolute atomic E-state index is 13.4. The number of halogens is 4. The molecule has 0 aliphatic rings. The van der Waals surface area contributed by atoms with Crippen molar-refractivity contribution in [2.75, 3.05) is 0 Å². The van der Waals surface area contributed by atoms with Crippen molar-refractivity contribution in [2.24, 2.45) is 11.1 Å². The van der Waals surface area contributed by atoms with Gasteiger partial charge < -0.3 is 10.8 Å². The number of benzene rings is 1. The van der Waals surface area contributed by atoms with E-state index >= 15 is 0 Å². The number of hydrogen-bond acceptors (Lipinski definition) is 2. The van der Waals surface area contributed by atoms with E-state index in [2.05, 4.69) is 0 Å². The van der Waals surface area contributed by atoms with E-state index < -0.39 is 23.6 Å². The fourth-order valence-electron chi connectivity index (χ4n) is 1.51. The lowest BCUT2D eigenvalue weighted by Crippen LogP contribution is -2.36. The molecule has 0 spiro atoms. The van der Waals surface area contributed by atoms with Gasteiger partial charge in [-0.15, -0.1) is 12.4 Å². The van der Waals surface area contributed by atoms with Gasteiger partial charge in [0.1, 0.15) is 5.82 Å². The number of aliphatic hydroxyl groups is 1. The van der Waals surface area contributed by atoms with Crippen LogP contribution in [0.1, 0.15) is 38.9 Å². The number of aliphatic hydroxyl groups excluding tert-OH is 1. The molecule has 2 nitrogen and oxygen atoms in total. The Hall–Kier alpha value is -0.780. The van der Waals surface area contributed by atoms with Crippen molar-refractivity contribution >= 4 is 12.4 Å². The van der Waals surface area contributed by atoms with Crippen molar-refractivity contribution in [2.45, 2.75) is 39.3 Å². The highest BCUT2D eigenvalue weighted by Crippen LogP contribution is 2.28. The number of rotatable bonds is 3. The summed E-state index contributed by atoms with van der Waals surface area (Å²) in [5.74, 6) is -3.43. The molecule has 2 atom stereocenters. The van der Waals surface area contributed by atoms with Crippen LogP contribution in [0.15, 0.2) is 12.1 Å². The minimum Gasteiger partial charge on any atom is -0.388 e. The van der Waals surface area contributed by atoms with E-state index in [4.69, 9.17) is 5.73 Å².